The van der Waals surface area contributed by atoms with Crippen LogP contribution >= 0.6 is 0 Å². The fourth-order valence-electron chi connectivity index (χ4n) is 8.10. The van der Waals surface area contributed by atoms with Crippen LogP contribution in [0.2, 0.25) is 0 Å². The second-order valence-electron chi connectivity index (χ2n) is 14.3. The van der Waals surface area contributed by atoms with Gasteiger partial charge in [0.25, 0.3) is 0 Å². The van der Waals surface area contributed by atoms with Crippen molar-refractivity contribution in [1.82, 2.24) is 0 Å². The third kappa shape index (κ3) is 5.71. The van der Waals surface area contributed by atoms with Crippen LogP contribution in [0.25, 0.3) is 82.8 Å². The molecule has 266 valence electrons. The van der Waals surface area contributed by atoms with Gasteiger partial charge in [0.2, 0.25) is 0 Å². The first-order chi connectivity index (χ1) is 28.2. The van der Waals surface area contributed by atoms with Crippen molar-refractivity contribution in [3.8, 4) is 33.4 Å². The Morgan fingerprint density at radius 2 is 0.789 bits per heavy atom. The molecule has 0 atom stereocenters. The Bertz CT molecular complexity index is 3280. The molecule has 0 aliphatic heterocycles. The molecule has 2 heterocycles. The molecule has 0 radical (unpaired) electrons. The monoisotopic (exact) mass is 727 g/mol. The smallest absolute Gasteiger partial charge is 0.143 e. The van der Waals surface area contributed by atoms with E-state index in [4.69, 9.17) is 8.83 Å². The normalized spacial score (nSPS) is 12.4. The van der Waals surface area contributed by atoms with Crippen molar-refractivity contribution in [3.05, 3.63) is 223 Å². The predicted molar refractivity (Wildman–Crippen MR) is 235 cm³/mol. The quantitative estimate of drug-likeness (QED) is 0.153. The third-order valence-corrected chi connectivity index (χ3v) is 11.0. The Kier molecular flexibility index (Phi) is 7.72. The van der Waals surface area contributed by atoms with Crippen LogP contribution in [0.15, 0.2) is 226 Å². The van der Waals surface area contributed by atoms with Crippen LogP contribution in [0.1, 0.15) is 5.56 Å². The number of nitrogens with zero attached hydrogens (tertiary/aromatic N) is 1. The molecule has 1 aliphatic carbocycles. The molecule has 3 heteroatoms. The highest BCUT2D eigenvalue weighted by Gasteiger charge is 2.19. The van der Waals surface area contributed by atoms with Gasteiger partial charge in [-0.3, -0.25) is 0 Å². The van der Waals surface area contributed by atoms with Gasteiger partial charge in [-0.05, 0) is 88.2 Å². The van der Waals surface area contributed by atoms with E-state index in [1.807, 2.05) is 36.4 Å². The fourth-order valence-corrected chi connectivity index (χ4v) is 8.10. The van der Waals surface area contributed by atoms with Gasteiger partial charge in [0.1, 0.15) is 22.3 Å². The Labute approximate surface area is 329 Å². The molecule has 0 spiro atoms. The van der Waals surface area contributed by atoms with E-state index in [1.54, 1.807) is 0 Å². The molecular weight excluding hydrogens is 695 g/mol. The van der Waals surface area contributed by atoms with Crippen LogP contribution in [-0.2, 0) is 0 Å². The van der Waals surface area contributed by atoms with E-state index in [9.17, 15) is 0 Å². The SMILES string of the molecule is C1=C=C(N(c2ccc(-c3ccc(-c4ccccc4)cc3)cc2)c2ccc(-c3cccc4c3oc3ccccc34)cc2)C=CC=1c1cccc2c1oc1ccccc12. The molecule has 0 N–H and O–H groups in total. The highest BCUT2D eigenvalue weighted by atomic mass is 16.3. The molecule has 0 amide bonds. The summed E-state index contributed by atoms with van der Waals surface area (Å²) >= 11 is 0. The molecule has 1 aliphatic rings. The molecule has 57 heavy (non-hydrogen) atoms. The van der Waals surface area contributed by atoms with Crippen molar-refractivity contribution in [2.24, 2.45) is 0 Å². The maximum atomic E-state index is 6.40. The van der Waals surface area contributed by atoms with E-state index in [0.717, 1.165) is 88.8 Å². The lowest BCUT2D eigenvalue weighted by Crippen LogP contribution is -2.15. The van der Waals surface area contributed by atoms with Gasteiger partial charge in [-0.25, -0.2) is 0 Å². The van der Waals surface area contributed by atoms with Crippen LogP contribution in [0.3, 0.4) is 0 Å². The molecule has 2 aromatic heterocycles. The first-order valence-electron chi connectivity index (χ1n) is 19.2. The number of furan rings is 2. The van der Waals surface area contributed by atoms with Gasteiger partial charge in [0.15, 0.2) is 0 Å². The number of anilines is 2. The number of benzene rings is 8. The Morgan fingerprint density at radius 1 is 0.333 bits per heavy atom. The molecule has 11 rings (SSSR count). The minimum atomic E-state index is 0.857. The van der Waals surface area contributed by atoms with Gasteiger partial charge in [0.05, 0.1) is 5.70 Å². The Hall–Kier alpha value is -7.80. The zero-order valence-electron chi connectivity index (χ0n) is 30.8. The molecule has 0 fully saturated rings. The Morgan fingerprint density at radius 3 is 1.35 bits per heavy atom. The number of hydrogen-bond donors (Lipinski definition) is 0. The van der Waals surface area contributed by atoms with Gasteiger partial charge in [0, 0.05) is 49.6 Å². The summed E-state index contributed by atoms with van der Waals surface area (Å²) in [6.07, 6.45) is 4.23. The van der Waals surface area contributed by atoms with Crippen molar-refractivity contribution in [3.63, 3.8) is 0 Å². The van der Waals surface area contributed by atoms with Crippen LogP contribution in [0.5, 0.6) is 0 Å². The van der Waals surface area contributed by atoms with Crippen LogP contribution < -0.4 is 4.90 Å². The highest BCUT2D eigenvalue weighted by Crippen LogP contribution is 2.40. The molecule has 0 bridgehead atoms. The highest BCUT2D eigenvalue weighted by molar-refractivity contribution is 6.10. The van der Waals surface area contributed by atoms with E-state index in [0.29, 0.717) is 0 Å². The van der Waals surface area contributed by atoms with Gasteiger partial charge in [-0.15, -0.1) is 0 Å². The zero-order chi connectivity index (χ0) is 37.7. The summed E-state index contributed by atoms with van der Waals surface area (Å²) in [6.45, 7) is 0. The lowest BCUT2D eigenvalue weighted by molar-refractivity contribution is 0.667. The van der Waals surface area contributed by atoms with Gasteiger partial charge >= 0.3 is 0 Å². The first-order valence-corrected chi connectivity index (χ1v) is 19.2. The van der Waals surface area contributed by atoms with E-state index in [1.165, 1.54) is 16.7 Å². The standard InChI is InChI=1S/C54H33NO2/c1-2-10-36(11-3-1)37-20-22-38(23-21-37)39-24-30-42(31-25-39)55(43-32-26-40(27-33-43)45-14-8-16-49-47-12-4-6-18-51(47)56-53(45)49)44-34-28-41(29-35-44)46-15-9-17-50-48-13-5-7-19-52(48)57-54(46)50/h1-28,30-34H. The van der Waals surface area contributed by atoms with E-state index < -0.39 is 0 Å². The van der Waals surface area contributed by atoms with Crippen LogP contribution in [0.4, 0.5) is 11.4 Å². The fraction of sp³-hybridized carbons (Fsp3) is 0. The molecule has 0 saturated carbocycles. The second-order valence-corrected chi connectivity index (χ2v) is 14.3. The molecule has 0 unspecified atom stereocenters. The van der Waals surface area contributed by atoms with Crippen molar-refractivity contribution in [2.75, 3.05) is 4.90 Å². The average Bonchev–Trinajstić information content (AvgIpc) is 3.87. The van der Waals surface area contributed by atoms with Crippen molar-refractivity contribution < 1.29 is 8.83 Å². The maximum Gasteiger partial charge on any atom is 0.143 e. The maximum absolute atomic E-state index is 6.40. The van der Waals surface area contributed by atoms with Crippen LogP contribution in [0, 0.1) is 0 Å². The van der Waals surface area contributed by atoms with Gasteiger partial charge in [-0.1, -0.05) is 151 Å². The number of fused-ring (bicyclic) bond motifs is 6. The van der Waals surface area contributed by atoms with E-state index >= 15 is 0 Å². The summed E-state index contributed by atoms with van der Waals surface area (Å²) in [7, 11) is 0. The first kappa shape index (κ1) is 32.6. The second kappa shape index (κ2) is 13.5. The summed E-state index contributed by atoms with van der Waals surface area (Å²) in [5, 5.41) is 4.44. The van der Waals surface area contributed by atoms with Crippen molar-refractivity contribution in [1.29, 1.82) is 0 Å². The largest absolute Gasteiger partial charge is 0.455 e. The summed E-state index contributed by atoms with van der Waals surface area (Å²) < 4.78 is 12.8. The number of allylic oxidation sites excluding steroid dienone is 3. The Balaban J connectivity index is 0.997. The van der Waals surface area contributed by atoms with Gasteiger partial charge in [-0.2, -0.15) is 0 Å². The van der Waals surface area contributed by atoms with Crippen molar-refractivity contribution >= 4 is 60.8 Å². The van der Waals surface area contributed by atoms with Gasteiger partial charge < -0.3 is 13.7 Å². The topological polar surface area (TPSA) is 29.5 Å². The lowest BCUT2D eigenvalue weighted by atomic mass is 9.99. The van der Waals surface area contributed by atoms with E-state index in [2.05, 4.69) is 180 Å². The summed E-state index contributed by atoms with van der Waals surface area (Å²) in [4.78, 5) is 2.23. The minimum absolute atomic E-state index is 0.857. The molecule has 8 aromatic carbocycles. The number of rotatable bonds is 7. The summed E-state index contributed by atoms with van der Waals surface area (Å²) in [6, 6.07) is 65.7. The molecule has 10 aromatic rings. The van der Waals surface area contributed by atoms with Crippen LogP contribution in [-0.4, -0.2) is 0 Å². The van der Waals surface area contributed by atoms with E-state index in [-0.39, 0.29) is 0 Å². The zero-order valence-corrected chi connectivity index (χ0v) is 30.8. The minimum Gasteiger partial charge on any atom is -0.455 e. The molecule has 0 saturated heterocycles. The lowest BCUT2D eigenvalue weighted by Gasteiger charge is -2.26. The average molecular weight is 728 g/mol. The number of hydrogen-bond acceptors (Lipinski definition) is 3. The molecular formula is C54H33NO2. The van der Waals surface area contributed by atoms with Crippen molar-refractivity contribution in [2.45, 2.75) is 0 Å². The number of para-hydroxylation sites is 4. The summed E-state index contributed by atoms with van der Waals surface area (Å²) in [5.41, 5.74) is 22.2. The molecule has 3 nitrogen and oxygen atoms in total. The summed E-state index contributed by atoms with van der Waals surface area (Å²) in [5.74, 6) is 0. The predicted octanol–water partition coefficient (Wildman–Crippen LogP) is 14.9. The third-order valence-electron chi connectivity index (χ3n) is 11.0.